The SMILES string of the molecule is O=[N+]([O-])c1ccc(OC2CC=CC=C2F)cn1. The lowest BCUT2D eigenvalue weighted by Crippen LogP contribution is -2.18. The highest BCUT2D eigenvalue weighted by Gasteiger charge is 2.18. The van der Waals surface area contributed by atoms with Crippen molar-refractivity contribution in [1.29, 1.82) is 0 Å². The molecule has 1 atom stereocenters. The first-order valence-electron chi connectivity index (χ1n) is 4.96. The number of hydrogen-bond acceptors (Lipinski definition) is 4. The van der Waals surface area contributed by atoms with Crippen LogP contribution in [0.15, 0.2) is 42.4 Å². The van der Waals surface area contributed by atoms with Crippen molar-refractivity contribution in [2.75, 3.05) is 0 Å². The monoisotopic (exact) mass is 236 g/mol. The quantitative estimate of drug-likeness (QED) is 0.597. The maximum absolute atomic E-state index is 13.3. The summed E-state index contributed by atoms with van der Waals surface area (Å²) in [6, 6.07) is 2.62. The zero-order chi connectivity index (χ0) is 12.3. The molecule has 0 aliphatic heterocycles. The molecule has 0 radical (unpaired) electrons. The van der Waals surface area contributed by atoms with Gasteiger partial charge in [-0.2, -0.15) is 0 Å². The Labute approximate surface area is 96.4 Å². The summed E-state index contributed by atoms with van der Waals surface area (Å²) in [6.07, 6.45) is 5.69. The van der Waals surface area contributed by atoms with Crippen LogP contribution in [0.25, 0.3) is 0 Å². The minimum atomic E-state index is -0.678. The van der Waals surface area contributed by atoms with Crippen molar-refractivity contribution in [2.45, 2.75) is 12.5 Å². The number of nitro groups is 1. The Balaban J connectivity index is 2.07. The second-order valence-corrected chi connectivity index (χ2v) is 3.43. The number of ether oxygens (including phenoxy) is 1. The van der Waals surface area contributed by atoms with Crippen molar-refractivity contribution in [1.82, 2.24) is 4.98 Å². The highest BCUT2D eigenvalue weighted by molar-refractivity contribution is 5.28. The van der Waals surface area contributed by atoms with E-state index in [1.807, 2.05) is 0 Å². The minimum Gasteiger partial charge on any atom is -0.479 e. The molecule has 1 aliphatic rings. The molecule has 1 aromatic heterocycles. The Kier molecular flexibility index (Phi) is 3.13. The highest BCUT2D eigenvalue weighted by Crippen LogP contribution is 2.22. The van der Waals surface area contributed by atoms with E-state index in [0.717, 1.165) is 0 Å². The Morgan fingerprint density at radius 2 is 2.35 bits per heavy atom. The van der Waals surface area contributed by atoms with Crippen LogP contribution in [-0.2, 0) is 0 Å². The normalized spacial score (nSPS) is 18.6. The zero-order valence-corrected chi connectivity index (χ0v) is 8.75. The predicted octanol–water partition coefficient (Wildman–Crippen LogP) is 2.55. The van der Waals surface area contributed by atoms with E-state index >= 15 is 0 Å². The van der Waals surface area contributed by atoms with Crippen LogP contribution >= 0.6 is 0 Å². The predicted molar refractivity (Wildman–Crippen MR) is 58.3 cm³/mol. The summed E-state index contributed by atoms with van der Waals surface area (Å²) in [4.78, 5) is 13.4. The molecule has 0 aromatic carbocycles. The fourth-order valence-corrected chi connectivity index (χ4v) is 1.40. The summed E-state index contributed by atoms with van der Waals surface area (Å²) in [5, 5.41) is 10.4. The lowest BCUT2D eigenvalue weighted by atomic mass is 10.1. The van der Waals surface area contributed by atoms with Gasteiger partial charge in [0.05, 0.1) is 0 Å². The Morgan fingerprint density at radius 3 is 2.94 bits per heavy atom. The molecular weight excluding hydrogens is 227 g/mol. The van der Waals surface area contributed by atoms with Crippen LogP contribution < -0.4 is 4.74 Å². The number of pyridine rings is 1. The van der Waals surface area contributed by atoms with Crippen LogP contribution in [0.4, 0.5) is 10.2 Å². The fraction of sp³-hybridized carbons (Fsp3) is 0.182. The van der Waals surface area contributed by atoms with Gasteiger partial charge in [-0.3, -0.25) is 0 Å². The summed E-state index contributed by atoms with van der Waals surface area (Å²) in [6.45, 7) is 0. The molecule has 17 heavy (non-hydrogen) atoms. The number of hydrogen-bond donors (Lipinski definition) is 0. The van der Waals surface area contributed by atoms with Crippen LogP contribution in [0.2, 0.25) is 0 Å². The maximum atomic E-state index is 13.3. The number of aromatic nitrogens is 1. The van der Waals surface area contributed by atoms with E-state index in [1.54, 1.807) is 12.2 Å². The van der Waals surface area contributed by atoms with Gasteiger partial charge in [0.2, 0.25) is 0 Å². The molecule has 1 aliphatic carbocycles. The number of halogens is 1. The molecule has 1 heterocycles. The first-order chi connectivity index (χ1) is 8.16. The smallest absolute Gasteiger partial charge is 0.363 e. The molecule has 1 unspecified atom stereocenters. The van der Waals surface area contributed by atoms with E-state index < -0.39 is 11.0 Å². The van der Waals surface area contributed by atoms with Crippen molar-refractivity contribution in [2.24, 2.45) is 0 Å². The second-order valence-electron chi connectivity index (χ2n) is 3.43. The third-order valence-electron chi connectivity index (χ3n) is 2.24. The molecule has 0 bridgehead atoms. The van der Waals surface area contributed by atoms with Gasteiger partial charge in [0.1, 0.15) is 5.83 Å². The molecule has 0 spiro atoms. The van der Waals surface area contributed by atoms with Crippen LogP contribution in [0, 0.1) is 10.1 Å². The Morgan fingerprint density at radius 1 is 1.53 bits per heavy atom. The van der Waals surface area contributed by atoms with Crippen molar-refractivity contribution >= 4 is 5.82 Å². The largest absolute Gasteiger partial charge is 0.479 e. The number of rotatable bonds is 3. The number of nitrogens with zero attached hydrogens (tertiary/aromatic N) is 2. The lowest BCUT2D eigenvalue weighted by molar-refractivity contribution is -0.389. The summed E-state index contributed by atoms with van der Waals surface area (Å²) in [5.74, 6) is -0.331. The molecule has 0 amide bonds. The minimum absolute atomic E-state index is 0.267. The van der Waals surface area contributed by atoms with E-state index in [1.165, 1.54) is 24.4 Å². The summed E-state index contributed by atoms with van der Waals surface area (Å²) in [5.41, 5.74) is 0. The third-order valence-corrected chi connectivity index (χ3v) is 2.24. The van der Waals surface area contributed by atoms with Crippen molar-refractivity contribution in [3.8, 4) is 5.75 Å². The molecule has 2 rings (SSSR count). The third kappa shape index (κ3) is 2.66. The molecule has 1 aromatic rings. The van der Waals surface area contributed by atoms with Gasteiger partial charge >= 0.3 is 5.82 Å². The standard InChI is InChI=1S/C11H9FN2O3/c12-9-3-1-2-4-10(9)17-8-5-6-11(13-7-8)14(15)16/h1-3,5-7,10H,4H2. The molecule has 6 heteroatoms. The van der Waals surface area contributed by atoms with Gasteiger partial charge in [-0.15, -0.1) is 0 Å². The van der Waals surface area contributed by atoms with Crippen LogP contribution in [-0.4, -0.2) is 16.0 Å². The van der Waals surface area contributed by atoms with Crippen LogP contribution in [0.3, 0.4) is 0 Å². The summed E-state index contributed by atoms with van der Waals surface area (Å²) >= 11 is 0. The lowest BCUT2D eigenvalue weighted by Gasteiger charge is -2.16. The van der Waals surface area contributed by atoms with Gasteiger partial charge in [0, 0.05) is 12.5 Å². The molecular formula is C11H9FN2O3. The van der Waals surface area contributed by atoms with Crippen LogP contribution in [0.1, 0.15) is 6.42 Å². The Hall–Kier alpha value is -2.24. The summed E-state index contributed by atoms with van der Waals surface area (Å²) in [7, 11) is 0. The average Bonchev–Trinajstić information content (AvgIpc) is 2.33. The molecule has 0 N–H and O–H groups in total. The van der Waals surface area contributed by atoms with Gasteiger partial charge < -0.3 is 14.9 Å². The van der Waals surface area contributed by atoms with E-state index in [9.17, 15) is 14.5 Å². The van der Waals surface area contributed by atoms with E-state index in [-0.39, 0.29) is 11.6 Å². The first-order valence-corrected chi connectivity index (χ1v) is 4.96. The Bertz CT molecular complexity index is 482. The van der Waals surface area contributed by atoms with Gasteiger partial charge in [-0.25, -0.2) is 4.39 Å². The van der Waals surface area contributed by atoms with Crippen molar-refractivity contribution < 1.29 is 14.1 Å². The van der Waals surface area contributed by atoms with Crippen LogP contribution in [0.5, 0.6) is 5.75 Å². The first kappa shape index (κ1) is 11.3. The highest BCUT2D eigenvalue weighted by atomic mass is 19.1. The van der Waals surface area contributed by atoms with Crippen molar-refractivity contribution in [3.05, 3.63) is 52.5 Å². The van der Waals surface area contributed by atoms with E-state index in [4.69, 9.17) is 4.74 Å². The molecule has 88 valence electrons. The van der Waals surface area contributed by atoms with Crippen molar-refractivity contribution in [3.63, 3.8) is 0 Å². The zero-order valence-electron chi connectivity index (χ0n) is 8.75. The molecule has 0 fully saturated rings. The fourth-order valence-electron chi connectivity index (χ4n) is 1.40. The van der Waals surface area contributed by atoms with E-state index in [2.05, 4.69) is 4.98 Å². The molecule has 5 nitrogen and oxygen atoms in total. The van der Waals surface area contributed by atoms with Gasteiger partial charge in [-0.05, 0) is 22.0 Å². The number of allylic oxidation sites excluding steroid dienone is 2. The van der Waals surface area contributed by atoms with Gasteiger partial charge in [0.25, 0.3) is 0 Å². The van der Waals surface area contributed by atoms with Gasteiger partial charge in [-0.1, -0.05) is 12.2 Å². The molecule has 0 saturated carbocycles. The second kappa shape index (κ2) is 4.73. The maximum Gasteiger partial charge on any atom is 0.363 e. The molecule has 0 saturated heterocycles. The van der Waals surface area contributed by atoms with E-state index in [0.29, 0.717) is 12.2 Å². The topological polar surface area (TPSA) is 65.3 Å². The average molecular weight is 236 g/mol. The summed E-state index contributed by atoms with van der Waals surface area (Å²) < 4.78 is 18.6. The van der Waals surface area contributed by atoms with Gasteiger partial charge in [0.15, 0.2) is 18.1 Å².